The number of fused-ring (bicyclic) bond motifs is 2. The Morgan fingerprint density at radius 2 is 2.14 bits per heavy atom. The summed E-state index contributed by atoms with van der Waals surface area (Å²) >= 11 is 1.36. The molecule has 1 amide bonds. The number of ether oxygens (including phenoxy) is 1. The number of aryl methyl sites for hydroxylation is 1. The van der Waals surface area contributed by atoms with E-state index in [1.165, 1.54) is 29.8 Å². The van der Waals surface area contributed by atoms with E-state index < -0.39 is 0 Å². The van der Waals surface area contributed by atoms with Crippen molar-refractivity contribution in [2.75, 3.05) is 11.9 Å². The third-order valence-electron chi connectivity index (χ3n) is 4.27. The van der Waals surface area contributed by atoms with Crippen LogP contribution in [0.1, 0.15) is 18.1 Å². The number of nitrogens with zero attached hydrogens (tertiary/aromatic N) is 1. The molecule has 0 saturated heterocycles. The summed E-state index contributed by atoms with van der Waals surface area (Å²) in [5.41, 5.74) is 2.39. The maximum Gasteiger partial charge on any atom is 0.250 e. The molecule has 1 N–H and O–H groups in total. The minimum absolute atomic E-state index is 0.178. The molecule has 0 aliphatic carbocycles. The van der Waals surface area contributed by atoms with Crippen molar-refractivity contribution in [3.8, 4) is 5.75 Å². The lowest BCUT2D eigenvalue weighted by Crippen LogP contribution is -2.09. The lowest BCUT2D eigenvalue weighted by molar-refractivity contribution is -0.111. The first kappa shape index (κ1) is 18.9. The molecule has 2 heterocycles. The van der Waals surface area contributed by atoms with Gasteiger partial charge in [-0.15, -0.1) is 0 Å². The number of anilines is 1. The van der Waals surface area contributed by atoms with Crippen molar-refractivity contribution >= 4 is 49.6 Å². The van der Waals surface area contributed by atoms with Gasteiger partial charge in [0.05, 0.1) is 27.8 Å². The highest BCUT2D eigenvalue weighted by Crippen LogP contribution is 2.29. The summed E-state index contributed by atoms with van der Waals surface area (Å²) < 4.78 is 11.9. The zero-order valence-corrected chi connectivity index (χ0v) is 16.7. The maximum absolute atomic E-state index is 12.6. The standard InChI is InChI=1S/C22H18N2O4S/c1-3-27-15-6-7-17-19(11-15)29-22(23-17)24-20(25)9-5-14-12-28-18-8-4-13(2)10-16(18)21(14)26/h4-12H,3H2,1-2H3,(H,23,24,25)/b9-5+. The first-order chi connectivity index (χ1) is 14.0. The van der Waals surface area contributed by atoms with Gasteiger partial charge in [0.15, 0.2) is 10.6 Å². The van der Waals surface area contributed by atoms with Crippen molar-refractivity contribution in [3.05, 3.63) is 70.1 Å². The molecule has 146 valence electrons. The van der Waals surface area contributed by atoms with Gasteiger partial charge in [0.2, 0.25) is 5.91 Å². The average Bonchev–Trinajstić information content (AvgIpc) is 3.09. The number of amides is 1. The molecular formula is C22H18N2O4S. The van der Waals surface area contributed by atoms with Gasteiger partial charge >= 0.3 is 0 Å². The van der Waals surface area contributed by atoms with Crippen LogP contribution in [0.15, 0.2) is 57.9 Å². The Morgan fingerprint density at radius 1 is 1.28 bits per heavy atom. The van der Waals surface area contributed by atoms with Gasteiger partial charge in [-0.1, -0.05) is 23.0 Å². The van der Waals surface area contributed by atoms with Crippen molar-refractivity contribution in [1.82, 2.24) is 4.98 Å². The Morgan fingerprint density at radius 3 is 2.97 bits per heavy atom. The van der Waals surface area contributed by atoms with Crippen LogP contribution >= 0.6 is 11.3 Å². The first-order valence-corrected chi connectivity index (χ1v) is 9.90. The van der Waals surface area contributed by atoms with Crippen LogP contribution in [-0.4, -0.2) is 17.5 Å². The monoisotopic (exact) mass is 406 g/mol. The minimum Gasteiger partial charge on any atom is -0.494 e. The van der Waals surface area contributed by atoms with Crippen LogP contribution in [0.5, 0.6) is 5.75 Å². The van der Waals surface area contributed by atoms with Crippen LogP contribution in [-0.2, 0) is 4.79 Å². The SMILES string of the molecule is CCOc1ccc2nc(NC(=O)/C=C/c3coc4ccc(C)cc4c3=O)sc2c1. The molecule has 4 aromatic rings. The smallest absolute Gasteiger partial charge is 0.250 e. The number of nitrogens with one attached hydrogen (secondary N) is 1. The third kappa shape index (κ3) is 4.05. The van der Waals surface area contributed by atoms with E-state index in [4.69, 9.17) is 9.15 Å². The number of rotatable bonds is 5. The topological polar surface area (TPSA) is 81.4 Å². The molecule has 0 unspecified atom stereocenters. The third-order valence-corrected chi connectivity index (χ3v) is 5.20. The highest BCUT2D eigenvalue weighted by atomic mass is 32.1. The van der Waals surface area contributed by atoms with Gasteiger partial charge in [0, 0.05) is 6.08 Å². The Bertz CT molecular complexity index is 1300. The normalized spacial score (nSPS) is 11.4. The number of carbonyl (C=O) groups is 1. The number of aromatic nitrogens is 1. The minimum atomic E-state index is -0.377. The van der Waals surface area contributed by atoms with Crippen LogP contribution in [0.3, 0.4) is 0 Å². The summed E-state index contributed by atoms with van der Waals surface area (Å²) in [4.78, 5) is 29.3. The van der Waals surface area contributed by atoms with Crippen molar-refractivity contribution in [1.29, 1.82) is 0 Å². The van der Waals surface area contributed by atoms with Crippen molar-refractivity contribution in [2.45, 2.75) is 13.8 Å². The number of thiazole rings is 1. The molecule has 2 aromatic heterocycles. The Labute approximate surface area is 170 Å². The summed E-state index contributed by atoms with van der Waals surface area (Å²) in [6, 6.07) is 11.0. The van der Waals surface area contributed by atoms with Crippen molar-refractivity contribution in [2.24, 2.45) is 0 Å². The lowest BCUT2D eigenvalue weighted by Gasteiger charge is -2.00. The summed E-state index contributed by atoms with van der Waals surface area (Å²) in [7, 11) is 0. The highest BCUT2D eigenvalue weighted by Gasteiger charge is 2.09. The fourth-order valence-electron chi connectivity index (χ4n) is 2.90. The van der Waals surface area contributed by atoms with Gasteiger partial charge in [0.1, 0.15) is 17.6 Å². The van der Waals surface area contributed by atoms with Crippen LogP contribution in [0.4, 0.5) is 5.13 Å². The summed E-state index contributed by atoms with van der Waals surface area (Å²) in [5.74, 6) is 0.387. The quantitative estimate of drug-likeness (QED) is 0.483. The molecule has 4 rings (SSSR count). The number of benzene rings is 2. The molecule has 0 bridgehead atoms. The zero-order chi connectivity index (χ0) is 20.4. The molecule has 0 fully saturated rings. The average molecular weight is 406 g/mol. The number of carbonyl (C=O) groups excluding carboxylic acids is 1. The lowest BCUT2D eigenvalue weighted by atomic mass is 10.1. The highest BCUT2D eigenvalue weighted by molar-refractivity contribution is 7.22. The Balaban J connectivity index is 1.53. The molecule has 2 aromatic carbocycles. The molecule has 0 spiro atoms. The molecule has 0 radical (unpaired) electrons. The fourth-order valence-corrected chi connectivity index (χ4v) is 3.80. The van der Waals surface area contributed by atoms with Crippen LogP contribution in [0.25, 0.3) is 27.3 Å². The summed E-state index contributed by atoms with van der Waals surface area (Å²) in [5, 5.41) is 3.69. The first-order valence-electron chi connectivity index (χ1n) is 9.08. The second-order valence-electron chi connectivity index (χ2n) is 6.42. The van der Waals surface area contributed by atoms with Gasteiger partial charge in [-0.2, -0.15) is 0 Å². The summed E-state index contributed by atoms with van der Waals surface area (Å²) in [6.07, 6.45) is 4.10. The van der Waals surface area contributed by atoms with Crippen LogP contribution in [0.2, 0.25) is 0 Å². The van der Waals surface area contributed by atoms with E-state index in [-0.39, 0.29) is 11.3 Å². The zero-order valence-electron chi connectivity index (χ0n) is 15.9. The van der Waals surface area contributed by atoms with E-state index in [1.54, 1.807) is 12.1 Å². The van der Waals surface area contributed by atoms with E-state index >= 15 is 0 Å². The molecule has 6 nitrogen and oxygen atoms in total. The fraction of sp³-hybridized carbons (Fsp3) is 0.136. The van der Waals surface area contributed by atoms with Crippen LogP contribution < -0.4 is 15.5 Å². The largest absolute Gasteiger partial charge is 0.494 e. The molecule has 29 heavy (non-hydrogen) atoms. The van der Waals surface area contributed by atoms with Gasteiger partial charge in [-0.25, -0.2) is 4.98 Å². The van der Waals surface area contributed by atoms with Crippen molar-refractivity contribution in [3.63, 3.8) is 0 Å². The van der Waals surface area contributed by atoms with Gasteiger partial charge in [-0.05, 0) is 50.3 Å². The number of hydrogen-bond donors (Lipinski definition) is 1. The van der Waals surface area contributed by atoms with Crippen LogP contribution in [0, 0.1) is 6.92 Å². The maximum atomic E-state index is 12.6. The van der Waals surface area contributed by atoms with Gasteiger partial charge in [-0.3, -0.25) is 14.9 Å². The molecule has 0 aliphatic rings. The molecule has 0 saturated carbocycles. The van der Waals surface area contributed by atoms with Crippen molar-refractivity contribution < 1.29 is 13.9 Å². The van der Waals surface area contributed by atoms with E-state index in [0.29, 0.717) is 28.3 Å². The number of hydrogen-bond acceptors (Lipinski definition) is 6. The van der Waals surface area contributed by atoms with E-state index in [9.17, 15) is 9.59 Å². The Hall–Kier alpha value is -3.45. The molecule has 7 heteroatoms. The second kappa shape index (κ2) is 7.89. The van der Waals surface area contributed by atoms with E-state index in [2.05, 4.69) is 10.3 Å². The van der Waals surface area contributed by atoms with Gasteiger partial charge in [0.25, 0.3) is 0 Å². The predicted octanol–water partition coefficient (Wildman–Crippen LogP) is 4.76. The van der Waals surface area contributed by atoms with Gasteiger partial charge < -0.3 is 9.15 Å². The second-order valence-corrected chi connectivity index (χ2v) is 7.45. The van der Waals surface area contributed by atoms with E-state index in [1.807, 2.05) is 38.1 Å². The summed E-state index contributed by atoms with van der Waals surface area (Å²) in [6.45, 7) is 4.41. The molecular weight excluding hydrogens is 388 g/mol. The predicted molar refractivity (Wildman–Crippen MR) is 116 cm³/mol. The molecule has 0 aliphatic heterocycles. The van der Waals surface area contributed by atoms with E-state index in [0.717, 1.165) is 21.5 Å². The Kier molecular flexibility index (Phi) is 5.14. The molecule has 0 atom stereocenters.